The summed E-state index contributed by atoms with van der Waals surface area (Å²) in [6.45, 7) is 0. The minimum Gasteiger partial charge on any atom is -0.262 e. The smallest absolute Gasteiger partial charge is 0.148 e. The molecule has 2 aromatic heterocycles. The fourth-order valence-electron chi connectivity index (χ4n) is 0.641. The molecule has 0 fully saturated rings. The number of rotatable bonds is 1. The Kier molecular flexibility index (Phi) is 0.920. The summed E-state index contributed by atoms with van der Waals surface area (Å²) in [6, 6.07) is -0.789. The van der Waals surface area contributed by atoms with Crippen molar-refractivity contribution in [3.63, 3.8) is 0 Å². The molecular weight excluding hydrogens is 220 g/mol. The molecule has 0 amide bonds. The quantitative estimate of drug-likeness (QED) is 0.744. The lowest BCUT2D eigenvalue weighted by molar-refractivity contribution is 0.798. The van der Waals surface area contributed by atoms with Crippen LogP contribution in [-0.2, 0) is 0 Å². The average molecular weight is 230 g/mol. The Balaban J connectivity index is 2.76. The number of aromatic nitrogens is 4. The Hall–Kier alpha value is -1.23. The van der Waals surface area contributed by atoms with E-state index >= 15 is 0 Å². The number of nitrogens with zero attached hydrogens (tertiary/aromatic N) is 4. The summed E-state index contributed by atoms with van der Waals surface area (Å²) in [5.41, 5.74) is -0.130. The van der Waals surface area contributed by atoms with Crippen molar-refractivity contribution in [1.82, 2.24) is 20.0 Å². The highest BCUT2D eigenvalue weighted by Gasteiger charge is 1.97. The molecule has 0 bridgehead atoms. The molecular formula is C7H5BrN4. The third-order valence-corrected chi connectivity index (χ3v) is 1.42. The van der Waals surface area contributed by atoms with Crippen LogP contribution < -0.4 is 0 Å². The normalized spacial score (nSPS) is 15.9. The van der Waals surface area contributed by atoms with E-state index in [1.807, 2.05) is 0 Å². The molecule has 4 nitrogen and oxygen atoms in total. The highest BCUT2D eigenvalue weighted by molar-refractivity contribution is 9.10. The summed E-state index contributed by atoms with van der Waals surface area (Å²) in [6.07, 6.45) is -0.984. The largest absolute Gasteiger partial charge is 0.262 e. The molecule has 2 heterocycles. The molecule has 60 valence electrons. The number of hydrogen-bond donors (Lipinski definition) is 0. The van der Waals surface area contributed by atoms with Crippen molar-refractivity contribution in [3.05, 3.63) is 35.2 Å². The highest BCUT2D eigenvalue weighted by Crippen LogP contribution is 2.07. The molecule has 0 spiro atoms. The van der Waals surface area contributed by atoms with Gasteiger partial charge in [0.1, 0.15) is 4.60 Å². The van der Waals surface area contributed by atoms with E-state index < -0.39 is 12.2 Å². The van der Waals surface area contributed by atoms with Gasteiger partial charge in [0.05, 0.1) is 24.9 Å². The van der Waals surface area contributed by atoms with Crippen molar-refractivity contribution in [3.8, 4) is 5.69 Å². The summed E-state index contributed by atoms with van der Waals surface area (Å²) in [4.78, 5) is 3.50. The van der Waals surface area contributed by atoms with Crippen LogP contribution in [0.5, 0.6) is 0 Å². The minimum absolute atomic E-state index is 0.130. The van der Waals surface area contributed by atoms with E-state index in [9.17, 15) is 0 Å². The van der Waals surface area contributed by atoms with Crippen molar-refractivity contribution in [1.29, 1.82) is 0 Å². The predicted octanol–water partition coefficient (Wildman–Crippen LogP) is 1.42. The maximum Gasteiger partial charge on any atom is 0.148 e. The standard InChI is InChI=1S/C7H5BrN4/c8-7-5-12(11-10-7)6-2-1-3-9-4-6/h1-5H/i1D,2D,3D,4D,5D. The number of hydrogen-bond acceptors (Lipinski definition) is 3. The average Bonchev–Trinajstić information content (AvgIpc) is 2.58. The molecule has 0 aliphatic heterocycles. The maximum atomic E-state index is 7.67. The second-order valence-electron chi connectivity index (χ2n) is 1.84. The molecule has 0 atom stereocenters. The van der Waals surface area contributed by atoms with E-state index in [0.29, 0.717) is 0 Å². The van der Waals surface area contributed by atoms with E-state index in [-0.39, 0.29) is 28.7 Å². The molecule has 2 rings (SSSR count). The molecule has 0 aromatic carbocycles. The molecule has 0 saturated heterocycles. The molecule has 0 unspecified atom stereocenters. The molecule has 0 N–H and O–H groups in total. The van der Waals surface area contributed by atoms with E-state index in [1.165, 1.54) is 0 Å². The molecule has 0 aliphatic carbocycles. The molecule has 2 aromatic rings. The van der Waals surface area contributed by atoms with E-state index in [4.69, 9.17) is 6.85 Å². The zero-order valence-corrected chi connectivity index (χ0v) is 7.25. The molecule has 0 radical (unpaired) electrons. The second-order valence-corrected chi connectivity index (χ2v) is 2.59. The fraction of sp³-hybridized carbons (Fsp3) is 0. The van der Waals surface area contributed by atoms with Crippen LogP contribution in [0.4, 0.5) is 0 Å². The monoisotopic (exact) mass is 229 g/mol. The Morgan fingerprint density at radius 1 is 1.58 bits per heavy atom. The van der Waals surface area contributed by atoms with Crippen LogP contribution in [-0.4, -0.2) is 20.0 Å². The van der Waals surface area contributed by atoms with Crippen molar-refractivity contribution in [2.45, 2.75) is 0 Å². The fourth-order valence-corrected chi connectivity index (χ4v) is 0.880. The van der Waals surface area contributed by atoms with Gasteiger partial charge in [-0.3, -0.25) is 4.98 Å². The topological polar surface area (TPSA) is 43.6 Å². The molecule has 0 aliphatic rings. The molecule has 5 heteroatoms. The Bertz CT molecular complexity index is 598. The lowest BCUT2D eigenvalue weighted by Gasteiger charge is -1.95. The van der Waals surface area contributed by atoms with Crippen molar-refractivity contribution in [2.75, 3.05) is 0 Å². The Morgan fingerprint density at radius 3 is 3.25 bits per heavy atom. The van der Waals surface area contributed by atoms with Crippen molar-refractivity contribution >= 4 is 15.9 Å². The summed E-state index contributed by atoms with van der Waals surface area (Å²) >= 11 is 2.99. The van der Waals surface area contributed by atoms with Gasteiger partial charge in [0, 0.05) is 6.17 Å². The van der Waals surface area contributed by atoms with Gasteiger partial charge in [-0.25, -0.2) is 4.68 Å². The Labute approximate surface area is 84.4 Å². The van der Waals surface area contributed by atoms with Crippen LogP contribution in [0.3, 0.4) is 0 Å². The number of halogens is 1. The van der Waals surface area contributed by atoms with Crippen LogP contribution in [0.1, 0.15) is 6.85 Å². The van der Waals surface area contributed by atoms with E-state index in [0.717, 1.165) is 4.68 Å². The predicted molar refractivity (Wildman–Crippen MR) is 46.9 cm³/mol. The van der Waals surface area contributed by atoms with Gasteiger partial charge < -0.3 is 0 Å². The van der Waals surface area contributed by atoms with Gasteiger partial charge in [-0.2, -0.15) is 0 Å². The molecule has 0 saturated carbocycles. The zero-order chi connectivity index (χ0) is 12.7. The summed E-state index contributed by atoms with van der Waals surface area (Å²) in [7, 11) is 0. The van der Waals surface area contributed by atoms with Crippen LogP contribution >= 0.6 is 15.9 Å². The first-order chi connectivity index (χ1) is 7.93. The van der Waals surface area contributed by atoms with Gasteiger partial charge in [-0.15, -0.1) is 5.10 Å². The Morgan fingerprint density at radius 2 is 2.50 bits per heavy atom. The van der Waals surface area contributed by atoms with Crippen molar-refractivity contribution < 1.29 is 6.85 Å². The SMILES string of the molecule is [2H]c1nc([2H])c(-n2nnc(Br)c2[2H])c([2H])c1[2H]. The van der Waals surface area contributed by atoms with Gasteiger partial charge in [-0.05, 0) is 28.0 Å². The first-order valence-corrected chi connectivity index (χ1v) is 3.75. The van der Waals surface area contributed by atoms with Gasteiger partial charge in [-0.1, -0.05) is 5.21 Å². The first-order valence-electron chi connectivity index (χ1n) is 5.46. The summed E-state index contributed by atoms with van der Waals surface area (Å²) < 4.78 is 38.7. The van der Waals surface area contributed by atoms with Crippen LogP contribution in [0.25, 0.3) is 5.69 Å². The molecule has 12 heavy (non-hydrogen) atoms. The third-order valence-electron chi connectivity index (χ3n) is 1.09. The van der Waals surface area contributed by atoms with Crippen LogP contribution in [0.15, 0.2) is 35.2 Å². The van der Waals surface area contributed by atoms with Gasteiger partial charge >= 0.3 is 0 Å². The van der Waals surface area contributed by atoms with Gasteiger partial charge in [0.2, 0.25) is 0 Å². The lowest BCUT2D eigenvalue weighted by atomic mass is 10.4. The van der Waals surface area contributed by atoms with Crippen LogP contribution in [0.2, 0.25) is 0 Å². The van der Waals surface area contributed by atoms with Gasteiger partial charge in [0.15, 0.2) is 0 Å². The lowest BCUT2D eigenvalue weighted by Crippen LogP contribution is -1.94. The van der Waals surface area contributed by atoms with E-state index in [1.54, 1.807) is 0 Å². The number of pyridine rings is 1. The van der Waals surface area contributed by atoms with Crippen molar-refractivity contribution in [2.24, 2.45) is 0 Å². The van der Waals surface area contributed by atoms with Gasteiger partial charge in [0.25, 0.3) is 0 Å². The third kappa shape index (κ3) is 1.35. The minimum atomic E-state index is -0.450. The summed E-state index contributed by atoms with van der Waals surface area (Å²) in [5, 5.41) is 7.15. The maximum absolute atomic E-state index is 7.67. The highest BCUT2D eigenvalue weighted by atomic mass is 79.9. The van der Waals surface area contributed by atoms with Crippen LogP contribution in [0, 0.1) is 0 Å². The first kappa shape index (κ1) is 3.66. The van der Waals surface area contributed by atoms with E-state index in [2.05, 4.69) is 31.2 Å². The second kappa shape index (κ2) is 3.02. The zero-order valence-electron chi connectivity index (χ0n) is 10.7. The summed E-state index contributed by atoms with van der Waals surface area (Å²) in [5.74, 6) is 0.